The average Bonchev–Trinajstić information content (AvgIpc) is 2.85. The Hall–Kier alpha value is -0.630. The van der Waals surface area contributed by atoms with Gasteiger partial charge < -0.3 is 0 Å². The summed E-state index contributed by atoms with van der Waals surface area (Å²) in [6, 6.07) is 9.44. The van der Waals surface area contributed by atoms with E-state index in [0.717, 1.165) is 18.4 Å². The SMILES string of the molecule is O=C(c1ccccc1)C1(Br)CC1. The Bertz CT molecular complexity index is 301. The highest BCUT2D eigenvalue weighted by atomic mass is 79.9. The number of hydrogen-bond acceptors (Lipinski definition) is 1. The summed E-state index contributed by atoms with van der Waals surface area (Å²) in [6.07, 6.45) is 1.95. The molecule has 0 saturated heterocycles. The Kier molecular flexibility index (Phi) is 1.80. The van der Waals surface area contributed by atoms with Gasteiger partial charge in [0.05, 0.1) is 4.32 Å². The zero-order valence-electron chi connectivity index (χ0n) is 6.59. The first-order chi connectivity index (χ1) is 5.72. The van der Waals surface area contributed by atoms with Gasteiger partial charge in [0.25, 0.3) is 0 Å². The maximum absolute atomic E-state index is 11.7. The minimum absolute atomic E-state index is 0.214. The molecule has 1 aliphatic carbocycles. The third-order valence-corrected chi connectivity index (χ3v) is 3.29. The maximum Gasteiger partial charge on any atom is 0.179 e. The first-order valence-electron chi connectivity index (χ1n) is 4.01. The first-order valence-corrected chi connectivity index (χ1v) is 4.80. The minimum atomic E-state index is -0.214. The molecule has 0 unspecified atom stereocenters. The molecule has 62 valence electrons. The van der Waals surface area contributed by atoms with Crippen molar-refractivity contribution >= 4 is 21.7 Å². The second-order valence-corrected chi connectivity index (χ2v) is 4.68. The molecule has 0 aromatic heterocycles. The van der Waals surface area contributed by atoms with Crippen LogP contribution in [0.1, 0.15) is 23.2 Å². The summed E-state index contributed by atoms with van der Waals surface area (Å²) in [5, 5.41) is 0. The summed E-state index contributed by atoms with van der Waals surface area (Å²) in [5.41, 5.74) is 0.812. The molecule has 0 N–H and O–H groups in total. The van der Waals surface area contributed by atoms with Gasteiger partial charge >= 0.3 is 0 Å². The number of benzene rings is 1. The van der Waals surface area contributed by atoms with Gasteiger partial charge in [-0.05, 0) is 12.8 Å². The van der Waals surface area contributed by atoms with Crippen molar-refractivity contribution in [3.63, 3.8) is 0 Å². The van der Waals surface area contributed by atoms with Crippen LogP contribution in [0, 0.1) is 0 Å². The predicted molar refractivity (Wildman–Crippen MR) is 51.7 cm³/mol. The van der Waals surface area contributed by atoms with Crippen LogP contribution in [0.2, 0.25) is 0 Å². The van der Waals surface area contributed by atoms with E-state index in [0.29, 0.717) is 0 Å². The summed E-state index contributed by atoms with van der Waals surface area (Å²) in [6.45, 7) is 0. The molecule has 0 bridgehead atoms. The molecule has 1 aromatic rings. The standard InChI is InChI=1S/C10H9BrO/c11-10(6-7-10)9(12)8-4-2-1-3-5-8/h1-5H,6-7H2. The number of rotatable bonds is 2. The van der Waals surface area contributed by atoms with E-state index in [4.69, 9.17) is 0 Å². The Labute approximate surface area is 79.9 Å². The third kappa shape index (κ3) is 1.31. The summed E-state index contributed by atoms with van der Waals surface area (Å²) in [7, 11) is 0. The highest BCUT2D eigenvalue weighted by Crippen LogP contribution is 2.46. The fourth-order valence-corrected chi connectivity index (χ4v) is 1.61. The Morgan fingerprint density at radius 3 is 2.33 bits per heavy atom. The Morgan fingerprint density at radius 2 is 1.83 bits per heavy atom. The zero-order valence-corrected chi connectivity index (χ0v) is 8.17. The van der Waals surface area contributed by atoms with Crippen molar-refractivity contribution in [1.82, 2.24) is 0 Å². The van der Waals surface area contributed by atoms with Gasteiger partial charge in [-0.1, -0.05) is 46.3 Å². The third-order valence-electron chi connectivity index (χ3n) is 2.13. The molecule has 0 aliphatic heterocycles. The molecule has 1 aliphatic rings. The topological polar surface area (TPSA) is 17.1 Å². The highest BCUT2D eigenvalue weighted by Gasteiger charge is 2.47. The van der Waals surface area contributed by atoms with Gasteiger partial charge in [0, 0.05) is 5.56 Å². The number of halogens is 1. The summed E-state index contributed by atoms with van der Waals surface area (Å²) < 4.78 is -0.214. The smallest absolute Gasteiger partial charge is 0.179 e. The number of hydrogen-bond donors (Lipinski definition) is 0. The second kappa shape index (κ2) is 2.70. The number of carbonyl (C=O) groups is 1. The summed E-state index contributed by atoms with van der Waals surface area (Å²) in [4.78, 5) is 11.7. The van der Waals surface area contributed by atoms with Gasteiger partial charge in [-0.3, -0.25) is 4.79 Å². The van der Waals surface area contributed by atoms with Crippen LogP contribution in [0.4, 0.5) is 0 Å². The van der Waals surface area contributed by atoms with Crippen LogP contribution in [0.3, 0.4) is 0 Å². The summed E-state index contributed by atoms with van der Waals surface area (Å²) in [5.74, 6) is 0.225. The Morgan fingerprint density at radius 1 is 1.25 bits per heavy atom. The molecule has 0 radical (unpaired) electrons. The molecular formula is C10H9BrO. The quantitative estimate of drug-likeness (QED) is 0.558. The molecule has 0 spiro atoms. The van der Waals surface area contributed by atoms with Gasteiger partial charge in [-0.25, -0.2) is 0 Å². The number of carbonyl (C=O) groups excluding carboxylic acids is 1. The lowest BCUT2D eigenvalue weighted by Crippen LogP contribution is -2.14. The van der Waals surface area contributed by atoms with Crippen molar-refractivity contribution in [3.05, 3.63) is 35.9 Å². The van der Waals surface area contributed by atoms with Crippen LogP contribution in [-0.4, -0.2) is 10.1 Å². The highest BCUT2D eigenvalue weighted by molar-refractivity contribution is 9.10. The van der Waals surface area contributed by atoms with E-state index in [-0.39, 0.29) is 10.1 Å². The van der Waals surface area contributed by atoms with Crippen molar-refractivity contribution in [2.45, 2.75) is 17.2 Å². The van der Waals surface area contributed by atoms with Crippen LogP contribution >= 0.6 is 15.9 Å². The predicted octanol–water partition coefficient (Wildman–Crippen LogP) is 2.80. The van der Waals surface area contributed by atoms with Crippen molar-refractivity contribution in [3.8, 4) is 0 Å². The molecule has 0 atom stereocenters. The van der Waals surface area contributed by atoms with Crippen LogP contribution in [0.25, 0.3) is 0 Å². The van der Waals surface area contributed by atoms with E-state index in [2.05, 4.69) is 15.9 Å². The van der Waals surface area contributed by atoms with Crippen LogP contribution in [0.15, 0.2) is 30.3 Å². The molecule has 0 amide bonds. The van der Waals surface area contributed by atoms with Gasteiger partial charge in [-0.2, -0.15) is 0 Å². The summed E-state index contributed by atoms with van der Waals surface area (Å²) >= 11 is 3.44. The number of Topliss-reactive ketones (excluding diaryl/α,β-unsaturated/α-hetero) is 1. The van der Waals surface area contributed by atoms with E-state index < -0.39 is 0 Å². The van der Waals surface area contributed by atoms with Crippen LogP contribution < -0.4 is 0 Å². The Balaban J connectivity index is 2.26. The van der Waals surface area contributed by atoms with Gasteiger partial charge in [-0.15, -0.1) is 0 Å². The molecule has 1 saturated carbocycles. The van der Waals surface area contributed by atoms with E-state index in [1.165, 1.54) is 0 Å². The largest absolute Gasteiger partial charge is 0.293 e. The number of ketones is 1. The fraction of sp³-hybridized carbons (Fsp3) is 0.300. The lowest BCUT2D eigenvalue weighted by molar-refractivity contribution is 0.0983. The average molecular weight is 225 g/mol. The van der Waals surface area contributed by atoms with Gasteiger partial charge in [0.1, 0.15) is 0 Å². The normalized spacial score (nSPS) is 18.8. The van der Waals surface area contributed by atoms with E-state index >= 15 is 0 Å². The van der Waals surface area contributed by atoms with Crippen LogP contribution in [-0.2, 0) is 0 Å². The maximum atomic E-state index is 11.7. The van der Waals surface area contributed by atoms with Crippen molar-refractivity contribution < 1.29 is 4.79 Å². The van der Waals surface area contributed by atoms with E-state index in [9.17, 15) is 4.79 Å². The molecule has 12 heavy (non-hydrogen) atoms. The van der Waals surface area contributed by atoms with Gasteiger partial charge in [0.15, 0.2) is 5.78 Å². The van der Waals surface area contributed by atoms with Crippen molar-refractivity contribution in [1.29, 1.82) is 0 Å². The van der Waals surface area contributed by atoms with E-state index in [1.54, 1.807) is 0 Å². The van der Waals surface area contributed by atoms with E-state index in [1.807, 2.05) is 30.3 Å². The van der Waals surface area contributed by atoms with Crippen molar-refractivity contribution in [2.24, 2.45) is 0 Å². The lowest BCUT2D eigenvalue weighted by Gasteiger charge is -2.03. The first kappa shape index (κ1) is 7.99. The molecule has 1 fully saturated rings. The van der Waals surface area contributed by atoms with Crippen LogP contribution in [0.5, 0.6) is 0 Å². The molecule has 2 rings (SSSR count). The second-order valence-electron chi connectivity index (χ2n) is 3.16. The minimum Gasteiger partial charge on any atom is -0.293 e. The molecule has 0 heterocycles. The fourth-order valence-electron chi connectivity index (χ4n) is 1.19. The number of alkyl halides is 1. The molecule has 1 nitrogen and oxygen atoms in total. The molecular weight excluding hydrogens is 216 g/mol. The van der Waals surface area contributed by atoms with Gasteiger partial charge in [0.2, 0.25) is 0 Å². The molecule has 2 heteroatoms. The monoisotopic (exact) mass is 224 g/mol. The zero-order chi connectivity index (χ0) is 8.60. The lowest BCUT2D eigenvalue weighted by atomic mass is 10.1. The molecule has 1 aromatic carbocycles. The van der Waals surface area contributed by atoms with Crippen molar-refractivity contribution in [2.75, 3.05) is 0 Å².